The lowest BCUT2D eigenvalue weighted by Gasteiger charge is -2.20. The van der Waals surface area contributed by atoms with E-state index in [4.69, 9.17) is 9.63 Å². The Bertz CT molecular complexity index is 376. The average Bonchev–Trinajstić information content (AvgIpc) is 2.67. The summed E-state index contributed by atoms with van der Waals surface area (Å²) in [5.74, 6) is 0.593. The van der Waals surface area contributed by atoms with Crippen LogP contribution in [0.1, 0.15) is 25.3 Å². The fourth-order valence-corrected chi connectivity index (χ4v) is 1.53. The lowest BCUT2D eigenvalue weighted by molar-refractivity contribution is 0.192. The lowest BCUT2D eigenvalue weighted by Crippen LogP contribution is -2.37. The van der Waals surface area contributed by atoms with E-state index >= 15 is 0 Å². The number of likely N-dealkylation sites (N-methyl/N-ethyl adjacent to an activating group) is 1. The summed E-state index contributed by atoms with van der Waals surface area (Å²) < 4.78 is 5.03. The lowest BCUT2D eigenvalue weighted by atomic mass is 10.2. The van der Waals surface area contributed by atoms with E-state index in [-0.39, 0.29) is 12.6 Å². The Labute approximate surface area is 101 Å². The Hall–Kier alpha value is -1.56. The van der Waals surface area contributed by atoms with Gasteiger partial charge in [-0.2, -0.15) is 0 Å². The van der Waals surface area contributed by atoms with Crippen molar-refractivity contribution >= 4 is 11.7 Å². The number of aliphatic hydroxyl groups is 1. The summed E-state index contributed by atoms with van der Waals surface area (Å²) in [7, 11) is 0. The molecule has 0 aliphatic carbocycles. The van der Waals surface area contributed by atoms with E-state index in [2.05, 4.69) is 10.5 Å². The van der Waals surface area contributed by atoms with E-state index in [0.29, 0.717) is 31.0 Å². The molecule has 1 heterocycles. The van der Waals surface area contributed by atoms with Crippen molar-refractivity contribution in [1.82, 2.24) is 10.1 Å². The van der Waals surface area contributed by atoms with Crippen molar-refractivity contribution in [1.29, 1.82) is 0 Å². The number of anilines is 1. The standard InChI is InChI=1S/C11H19N3O3/c1-4-9-10(8(3)17-13-9)12-11(16)14(5-2)6-7-15/h15H,4-7H2,1-3H3,(H,12,16). The maximum absolute atomic E-state index is 11.9. The highest BCUT2D eigenvalue weighted by Crippen LogP contribution is 2.20. The molecule has 2 N–H and O–H groups in total. The van der Waals surface area contributed by atoms with Crippen molar-refractivity contribution in [3.05, 3.63) is 11.5 Å². The predicted molar refractivity (Wildman–Crippen MR) is 64.0 cm³/mol. The van der Waals surface area contributed by atoms with Crippen LogP contribution in [-0.2, 0) is 6.42 Å². The highest BCUT2D eigenvalue weighted by Gasteiger charge is 2.17. The van der Waals surface area contributed by atoms with E-state index in [1.165, 1.54) is 4.90 Å². The van der Waals surface area contributed by atoms with Crippen LogP contribution < -0.4 is 5.32 Å². The Balaban J connectivity index is 2.75. The number of rotatable bonds is 5. The van der Waals surface area contributed by atoms with Crippen LogP contribution in [0.25, 0.3) is 0 Å². The first kappa shape index (κ1) is 13.5. The van der Waals surface area contributed by atoms with E-state index < -0.39 is 0 Å². The maximum Gasteiger partial charge on any atom is 0.322 e. The predicted octanol–water partition coefficient (Wildman–Crippen LogP) is 1.39. The Kier molecular flexibility index (Phi) is 4.96. The van der Waals surface area contributed by atoms with Crippen LogP contribution in [0.3, 0.4) is 0 Å². The number of amides is 2. The van der Waals surface area contributed by atoms with Gasteiger partial charge in [-0.1, -0.05) is 12.1 Å². The quantitative estimate of drug-likeness (QED) is 0.816. The van der Waals surface area contributed by atoms with Crippen LogP contribution in [-0.4, -0.2) is 40.9 Å². The van der Waals surface area contributed by atoms with Gasteiger partial charge >= 0.3 is 6.03 Å². The minimum absolute atomic E-state index is 0.0511. The molecule has 6 heteroatoms. The first-order valence-corrected chi connectivity index (χ1v) is 5.75. The van der Waals surface area contributed by atoms with Gasteiger partial charge < -0.3 is 19.8 Å². The summed E-state index contributed by atoms with van der Waals surface area (Å²) in [6.07, 6.45) is 0.694. The highest BCUT2D eigenvalue weighted by molar-refractivity contribution is 5.90. The van der Waals surface area contributed by atoms with Gasteiger partial charge in [-0.15, -0.1) is 0 Å². The zero-order valence-electron chi connectivity index (χ0n) is 10.5. The monoisotopic (exact) mass is 241 g/mol. The van der Waals surface area contributed by atoms with Crippen molar-refractivity contribution in [2.24, 2.45) is 0 Å². The fraction of sp³-hybridized carbons (Fsp3) is 0.636. The van der Waals surface area contributed by atoms with Gasteiger partial charge in [0.2, 0.25) is 0 Å². The van der Waals surface area contributed by atoms with Crippen LogP contribution in [0.5, 0.6) is 0 Å². The molecule has 0 aliphatic rings. The molecule has 96 valence electrons. The van der Waals surface area contributed by atoms with Gasteiger partial charge in [0.05, 0.1) is 6.61 Å². The topological polar surface area (TPSA) is 78.6 Å². The molecular formula is C11H19N3O3. The molecule has 0 saturated heterocycles. The summed E-state index contributed by atoms with van der Waals surface area (Å²) in [5.41, 5.74) is 1.37. The van der Waals surface area contributed by atoms with Crippen LogP contribution in [0.15, 0.2) is 4.52 Å². The fourth-order valence-electron chi connectivity index (χ4n) is 1.53. The third-order valence-electron chi connectivity index (χ3n) is 2.54. The number of hydrogen-bond acceptors (Lipinski definition) is 4. The molecule has 1 aromatic rings. The maximum atomic E-state index is 11.9. The molecule has 0 atom stereocenters. The van der Waals surface area contributed by atoms with Crippen molar-refractivity contribution in [3.63, 3.8) is 0 Å². The number of carbonyl (C=O) groups is 1. The second kappa shape index (κ2) is 6.24. The first-order valence-electron chi connectivity index (χ1n) is 5.75. The number of aliphatic hydroxyl groups excluding tert-OH is 1. The Morgan fingerprint density at radius 1 is 1.53 bits per heavy atom. The number of hydrogen-bond donors (Lipinski definition) is 2. The minimum Gasteiger partial charge on any atom is -0.395 e. The van der Waals surface area contributed by atoms with Gasteiger partial charge in [-0.05, 0) is 20.3 Å². The van der Waals surface area contributed by atoms with Gasteiger partial charge in [0.1, 0.15) is 11.4 Å². The zero-order chi connectivity index (χ0) is 12.8. The van der Waals surface area contributed by atoms with E-state index in [9.17, 15) is 4.79 Å². The molecular weight excluding hydrogens is 222 g/mol. The Morgan fingerprint density at radius 2 is 2.24 bits per heavy atom. The number of nitrogens with one attached hydrogen (secondary N) is 1. The molecule has 0 aromatic carbocycles. The highest BCUT2D eigenvalue weighted by atomic mass is 16.5. The second-order valence-corrected chi connectivity index (χ2v) is 3.65. The van der Waals surface area contributed by atoms with Crippen molar-refractivity contribution in [2.75, 3.05) is 25.0 Å². The molecule has 0 spiro atoms. The van der Waals surface area contributed by atoms with Gasteiger partial charge in [-0.25, -0.2) is 4.79 Å². The average molecular weight is 241 g/mol. The molecule has 0 fully saturated rings. The third-order valence-corrected chi connectivity index (χ3v) is 2.54. The number of carbonyl (C=O) groups excluding carboxylic acids is 1. The van der Waals surface area contributed by atoms with E-state index in [1.54, 1.807) is 6.92 Å². The summed E-state index contributed by atoms with van der Waals surface area (Å²) >= 11 is 0. The summed E-state index contributed by atoms with van der Waals surface area (Å²) in [6.45, 7) is 6.36. The number of nitrogens with zero attached hydrogens (tertiary/aromatic N) is 2. The summed E-state index contributed by atoms with van der Waals surface area (Å²) in [4.78, 5) is 13.4. The first-order chi connectivity index (χ1) is 8.13. The molecule has 0 saturated carbocycles. The normalized spacial score (nSPS) is 10.4. The largest absolute Gasteiger partial charge is 0.395 e. The molecule has 0 unspecified atom stereocenters. The van der Waals surface area contributed by atoms with Crippen LogP contribution >= 0.6 is 0 Å². The van der Waals surface area contributed by atoms with Crippen molar-refractivity contribution in [3.8, 4) is 0 Å². The molecule has 17 heavy (non-hydrogen) atoms. The van der Waals surface area contributed by atoms with Crippen molar-refractivity contribution in [2.45, 2.75) is 27.2 Å². The van der Waals surface area contributed by atoms with Crippen molar-refractivity contribution < 1.29 is 14.4 Å². The van der Waals surface area contributed by atoms with Gasteiger partial charge in [-0.3, -0.25) is 0 Å². The Morgan fingerprint density at radius 3 is 2.76 bits per heavy atom. The van der Waals surface area contributed by atoms with Crippen LogP contribution in [0.2, 0.25) is 0 Å². The van der Waals surface area contributed by atoms with Gasteiger partial charge in [0, 0.05) is 13.1 Å². The molecule has 0 bridgehead atoms. The molecule has 1 aromatic heterocycles. The zero-order valence-corrected chi connectivity index (χ0v) is 10.5. The summed E-state index contributed by atoms with van der Waals surface area (Å²) in [6, 6.07) is -0.248. The van der Waals surface area contributed by atoms with Crippen LogP contribution in [0, 0.1) is 6.92 Å². The van der Waals surface area contributed by atoms with Gasteiger partial charge in [0.25, 0.3) is 0 Å². The number of urea groups is 1. The SMILES string of the molecule is CCc1noc(C)c1NC(=O)N(CC)CCO. The molecule has 1 rings (SSSR count). The van der Waals surface area contributed by atoms with E-state index in [0.717, 1.165) is 5.69 Å². The van der Waals surface area contributed by atoms with Gasteiger partial charge in [0.15, 0.2) is 5.76 Å². The summed E-state index contributed by atoms with van der Waals surface area (Å²) in [5, 5.41) is 15.5. The number of aromatic nitrogens is 1. The third kappa shape index (κ3) is 3.20. The van der Waals surface area contributed by atoms with E-state index in [1.807, 2.05) is 13.8 Å². The molecule has 0 radical (unpaired) electrons. The molecule has 0 aliphatic heterocycles. The second-order valence-electron chi connectivity index (χ2n) is 3.65. The smallest absolute Gasteiger partial charge is 0.322 e. The van der Waals surface area contributed by atoms with Crippen LogP contribution in [0.4, 0.5) is 10.5 Å². The molecule has 2 amide bonds. The number of aryl methyl sites for hydroxylation is 2. The molecule has 6 nitrogen and oxygen atoms in total. The minimum atomic E-state index is -0.248.